The van der Waals surface area contributed by atoms with Gasteiger partial charge in [-0.25, -0.2) is 0 Å². The highest BCUT2D eigenvalue weighted by atomic mass is 32.2. The zero-order chi connectivity index (χ0) is 16.6. The SMILES string of the molecule is NC1CCC(CNCCSc2ccc(-c3ccccc3)cc2)CC1. The molecule has 3 heteroatoms. The first kappa shape index (κ1) is 17.5. The minimum Gasteiger partial charge on any atom is -0.328 e. The Morgan fingerprint density at radius 1 is 0.875 bits per heavy atom. The molecule has 0 radical (unpaired) electrons. The monoisotopic (exact) mass is 340 g/mol. The molecule has 1 aliphatic carbocycles. The van der Waals surface area contributed by atoms with E-state index >= 15 is 0 Å². The molecule has 0 heterocycles. The highest BCUT2D eigenvalue weighted by Gasteiger charge is 2.17. The van der Waals surface area contributed by atoms with E-state index in [1.54, 1.807) is 0 Å². The maximum Gasteiger partial charge on any atom is 0.0106 e. The third kappa shape index (κ3) is 5.37. The Balaban J connectivity index is 1.35. The van der Waals surface area contributed by atoms with E-state index in [4.69, 9.17) is 5.73 Å². The molecule has 1 saturated carbocycles. The third-order valence-corrected chi connectivity index (χ3v) is 5.85. The molecule has 0 aliphatic heterocycles. The molecule has 1 fully saturated rings. The van der Waals surface area contributed by atoms with E-state index in [0.717, 1.165) is 24.8 Å². The van der Waals surface area contributed by atoms with E-state index in [-0.39, 0.29) is 0 Å². The summed E-state index contributed by atoms with van der Waals surface area (Å²) in [7, 11) is 0. The smallest absolute Gasteiger partial charge is 0.0106 e. The van der Waals surface area contributed by atoms with Crippen LogP contribution in [0.2, 0.25) is 0 Å². The van der Waals surface area contributed by atoms with Crippen LogP contribution in [0.4, 0.5) is 0 Å². The molecule has 2 aromatic carbocycles. The van der Waals surface area contributed by atoms with Gasteiger partial charge in [-0.05, 0) is 61.4 Å². The van der Waals surface area contributed by atoms with Crippen molar-refractivity contribution < 1.29 is 0 Å². The zero-order valence-electron chi connectivity index (χ0n) is 14.3. The molecule has 24 heavy (non-hydrogen) atoms. The number of hydrogen-bond acceptors (Lipinski definition) is 3. The van der Waals surface area contributed by atoms with Gasteiger partial charge in [0, 0.05) is 23.2 Å². The molecule has 0 saturated heterocycles. The summed E-state index contributed by atoms with van der Waals surface area (Å²) in [5, 5.41) is 3.62. The molecule has 0 spiro atoms. The maximum atomic E-state index is 5.96. The van der Waals surface area contributed by atoms with Crippen molar-refractivity contribution >= 4 is 11.8 Å². The fraction of sp³-hybridized carbons (Fsp3) is 0.429. The van der Waals surface area contributed by atoms with E-state index in [0.29, 0.717) is 6.04 Å². The number of hydrogen-bond donors (Lipinski definition) is 2. The molecular formula is C21H28N2S. The summed E-state index contributed by atoms with van der Waals surface area (Å²) < 4.78 is 0. The quantitative estimate of drug-likeness (QED) is 0.573. The first-order chi connectivity index (χ1) is 11.8. The van der Waals surface area contributed by atoms with Gasteiger partial charge in [0.15, 0.2) is 0 Å². The van der Waals surface area contributed by atoms with Gasteiger partial charge in [-0.3, -0.25) is 0 Å². The number of rotatable bonds is 7. The lowest BCUT2D eigenvalue weighted by molar-refractivity contribution is 0.317. The van der Waals surface area contributed by atoms with Gasteiger partial charge in [-0.2, -0.15) is 0 Å². The second-order valence-corrected chi connectivity index (χ2v) is 7.89. The van der Waals surface area contributed by atoms with Crippen molar-refractivity contribution in [3.8, 4) is 11.1 Å². The Morgan fingerprint density at radius 2 is 1.54 bits per heavy atom. The molecule has 1 aliphatic rings. The summed E-state index contributed by atoms with van der Waals surface area (Å²) >= 11 is 1.93. The standard InChI is InChI=1S/C21H28N2S/c22-20-10-6-17(7-11-20)16-23-14-15-24-21-12-8-19(9-13-21)18-4-2-1-3-5-18/h1-5,8-9,12-13,17,20,23H,6-7,10-11,14-16,22H2. The van der Waals surface area contributed by atoms with Crippen LogP contribution in [0.15, 0.2) is 59.5 Å². The van der Waals surface area contributed by atoms with Gasteiger partial charge in [-0.15, -0.1) is 11.8 Å². The molecule has 2 nitrogen and oxygen atoms in total. The van der Waals surface area contributed by atoms with Crippen LogP contribution in [0.3, 0.4) is 0 Å². The molecule has 0 bridgehead atoms. The van der Waals surface area contributed by atoms with Gasteiger partial charge in [0.05, 0.1) is 0 Å². The minimum atomic E-state index is 0.454. The largest absolute Gasteiger partial charge is 0.328 e. The Hall–Kier alpha value is -1.29. The van der Waals surface area contributed by atoms with Crippen LogP contribution in [-0.2, 0) is 0 Å². The van der Waals surface area contributed by atoms with Crippen molar-refractivity contribution in [2.24, 2.45) is 11.7 Å². The molecular weight excluding hydrogens is 312 g/mol. The van der Waals surface area contributed by atoms with E-state index in [1.807, 2.05) is 11.8 Å². The van der Waals surface area contributed by atoms with Crippen LogP contribution < -0.4 is 11.1 Å². The molecule has 0 amide bonds. The minimum absolute atomic E-state index is 0.454. The topological polar surface area (TPSA) is 38.0 Å². The van der Waals surface area contributed by atoms with Crippen molar-refractivity contribution in [2.75, 3.05) is 18.8 Å². The third-order valence-electron chi connectivity index (χ3n) is 4.83. The molecule has 0 aromatic heterocycles. The highest BCUT2D eigenvalue weighted by molar-refractivity contribution is 7.99. The summed E-state index contributed by atoms with van der Waals surface area (Å²) in [5.74, 6) is 1.96. The predicted molar refractivity (Wildman–Crippen MR) is 105 cm³/mol. The first-order valence-corrected chi connectivity index (χ1v) is 10.0. The van der Waals surface area contributed by atoms with Crippen LogP contribution in [0.1, 0.15) is 25.7 Å². The van der Waals surface area contributed by atoms with Crippen LogP contribution >= 0.6 is 11.8 Å². The van der Waals surface area contributed by atoms with Gasteiger partial charge in [0.25, 0.3) is 0 Å². The summed E-state index contributed by atoms with van der Waals surface area (Å²) in [5.41, 5.74) is 8.53. The Morgan fingerprint density at radius 3 is 2.25 bits per heavy atom. The second-order valence-electron chi connectivity index (χ2n) is 6.72. The van der Waals surface area contributed by atoms with Gasteiger partial charge >= 0.3 is 0 Å². The van der Waals surface area contributed by atoms with E-state index in [2.05, 4.69) is 59.9 Å². The van der Waals surface area contributed by atoms with Crippen LogP contribution in [0.5, 0.6) is 0 Å². The molecule has 2 aromatic rings. The second kappa shape index (κ2) is 9.26. The van der Waals surface area contributed by atoms with Crippen molar-refractivity contribution in [2.45, 2.75) is 36.6 Å². The maximum absolute atomic E-state index is 5.96. The molecule has 128 valence electrons. The Labute approximate surface area is 150 Å². The van der Waals surface area contributed by atoms with Gasteiger partial charge < -0.3 is 11.1 Å². The molecule has 3 N–H and O–H groups in total. The van der Waals surface area contributed by atoms with Crippen LogP contribution in [0, 0.1) is 5.92 Å². The number of nitrogens with one attached hydrogen (secondary N) is 1. The number of nitrogens with two attached hydrogens (primary N) is 1. The average Bonchev–Trinajstić information content (AvgIpc) is 2.64. The summed E-state index contributed by atoms with van der Waals surface area (Å²) in [4.78, 5) is 1.35. The number of thioether (sulfide) groups is 1. The molecule has 0 unspecified atom stereocenters. The van der Waals surface area contributed by atoms with E-state index in [1.165, 1.54) is 41.7 Å². The fourth-order valence-corrected chi connectivity index (χ4v) is 4.12. The Kier molecular flexibility index (Phi) is 6.76. The zero-order valence-corrected chi connectivity index (χ0v) is 15.1. The fourth-order valence-electron chi connectivity index (χ4n) is 3.31. The summed E-state index contributed by atoms with van der Waals surface area (Å²) in [6.45, 7) is 2.23. The van der Waals surface area contributed by atoms with Crippen molar-refractivity contribution in [3.63, 3.8) is 0 Å². The summed E-state index contributed by atoms with van der Waals surface area (Å²) in [6, 6.07) is 19.9. The van der Waals surface area contributed by atoms with Crippen molar-refractivity contribution in [1.82, 2.24) is 5.32 Å². The highest BCUT2D eigenvalue weighted by Crippen LogP contribution is 2.24. The predicted octanol–water partition coefficient (Wildman–Crippen LogP) is 4.55. The number of benzene rings is 2. The molecule has 0 atom stereocenters. The summed E-state index contributed by atoms with van der Waals surface area (Å²) in [6.07, 6.45) is 4.99. The first-order valence-electron chi connectivity index (χ1n) is 9.06. The lowest BCUT2D eigenvalue weighted by Gasteiger charge is -2.26. The lowest BCUT2D eigenvalue weighted by atomic mass is 9.86. The average molecular weight is 341 g/mol. The van der Waals surface area contributed by atoms with Crippen LogP contribution in [0.25, 0.3) is 11.1 Å². The van der Waals surface area contributed by atoms with Gasteiger partial charge in [0.2, 0.25) is 0 Å². The Bertz CT molecular complexity index is 589. The van der Waals surface area contributed by atoms with E-state index in [9.17, 15) is 0 Å². The van der Waals surface area contributed by atoms with Crippen molar-refractivity contribution in [1.29, 1.82) is 0 Å². The van der Waals surface area contributed by atoms with Gasteiger partial charge in [0.1, 0.15) is 0 Å². The van der Waals surface area contributed by atoms with Crippen molar-refractivity contribution in [3.05, 3.63) is 54.6 Å². The van der Waals surface area contributed by atoms with Gasteiger partial charge in [-0.1, -0.05) is 42.5 Å². The van der Waals surface area contributed by atoms with Crippen LogP contribution in [-0.4, -0.2) is 24.9 Å². The van der Waals surface area contributed by atoms with E-state index < -0.39 is 0 Å². The molecule has 3 rings (SSSR count). The lowest BCUT2D eigenvalue weighted by Crippen LogP contribution is -2.32. The normalized spacial score (nSPS) is 20.9.